The normalized spacial score (nSPS) is 10.0. The van der Waals surface area contributed by atoms with Crippen molar-refractivity contribution in [2.24, 2.45) is 0 Å². The van der Waals surface area contributed by atoms with E-state index in [2.05, 4.69) is 0 Å². The minimum Gasteiger partial charge on any atom is -0.497 e. The van der Waals surface area contributed by atoms with E-state index in [0.717, 1.165) is 0 Å². The van der Waals surface area contributed by atoms with Gasteiger partial charge in [0.05, 0.1) is 19.3 Å². The molecule has 2 aromatic rings. The smallest absolute Gasteiger partial charge is 0.338 e. The fourth-order valence-corrected chi connectivity index (χ4v) is 1.88. The molecule has 21 heavy (non-hydrogen) atoms. The minimum atomic E-state index is -0.388. The number of carbonyl (C=O) groups is 2. The van der Waals surface area contributed by atoms with Crippen LogP contribution >= 0.6 is 0 Å². The van der Waals surface area contributed by atoms with E-state index in [9.17, 15) is 9.59 Å². The zero-order chi connectivity index (χ0) is 15.2. The fraction of sp³-hybridized carbons (Fsp3) is 0.176. The Kier molecular flexibility index (Phi) is 4.72. The van der Waals surface area contributed by atoms with E-state index in [1.807, 2.05) is 0 Å². The summed E-state index contributed by atoms with van der Waals surface area (Å²) in [7, 11) is 1.57. The molecule has 2 aromatic carbocycles. The molecule has 4 nitrogen and oxygen atoms in total. The summed E-state index contributed by atoms with van der Waals surface area (Å²) in [5.41, 5.74) is 1.52. The molecule has 0 aliphatic heterocycles. The number of hydrogen-bond donors (Lipinski definition) is 0. The number of ketones is 1. The molecule has 0 heterocycles. The van der Waals surface area contributed by atoms with Crippen LogP contribution in [0.2, 0.25) is 0 Å². The number of esters is 1. The van der Waals surface area contributed by atoms with Gasteiger partial charge in [0.1, 0.15) is 5.75 Å². The molecule has 0 aromatic heterocycles. The molecule has 0 aliphatic rings. The maximum atomic E-state index is 12.3. The van der Waals surface area contributed by atoms with E-state index in [1.54, 1.807) is 62.6 Å². The first kappa shape index (κ1) is 14.8. The van der Waals surface area contributed by atoms with Crippen LogP contribution in [-0.4, -0.2) is 25.5 Å². The third kappa shape index (κ3) is 3.48. The van der Waals surface area contributed by atoms with Gasteiger partial charge in [0.15, 0.2) is 5.78 Å². The largest absolute Gasteiger partial charge is 0.497 e. The summed E-state index contributed by atoms with van der Waals surface area (Å²) >= 11 is 0. The summed E-state index contributed by atoms with van der Waals surface area (Å²) in [6.45, 7) is 2.07. The molecule has 0 aliphatic carbocycles. The molecule has 0 bridgehead atoms. The Balaban J connectivity index is 2.17. The van der Waals surface area contributed by atoms with Gasteiger partial charge in [-0.1, -0.05) is 12.1 Å². The monoisotopic (exact) mass is 284 g/mol. The van der Waals surface area contributed by atoms with Gasteiger partial charge in [-0.15, -0.1) is 0 Å². The van der Waals surface area contributed by atoms with E-state index in [-0.39, 0.29) is 11.8 Å². The van der Waals surface area contributed by atoms with Gasteiger partial charge in [-0.3, -0.25) is 4.79 Å². The van der Waals surface area contributed by atoms with E-state index in [0.29, 0.717) is 29.0 Å². The Labute approximate surface area is 123 Å². The van der Waals surface area contributed by atoms with Crippen LogP contribution in [0, 0.1) is 0 Å². The first-order valence-electron chi connectivity index (χ1n) is 6.61. The lowest BCUT2D eigenvalue weighted by Gasteiger charge is -2.05. The summed E-state index contributed by atoms with van der Waals surface area (Å²) in [6.07, 6.45) is 0. The lowest BCUT2D eigenvalue weighted by atomic mass is 10.0. The second-order valence-electron chi connectivity index (χ2n) is 4.36. The van der Waals surface area contributed by atoms with Crippen LogP contribution < -0.4 is 4.74 Å². The van der Waals surface area contributed by atoms with Gasteiger partial charge < -0.3 is 9.47 Å². The highest BCUT2D eigenvalue weighted by Gasteiger charge is 2.11. The lowest BCUT2D eigenvalue weighted by Crippen LogP contribution is -2.06. The molecule has 2 rings (SSSR count). The molecule has 0 saturated heterocycles. The van der Waals surface area contributed by atoms with Crippen molar-refractivity contribution in [1.82, 2.24) is 0 Å². The molecule has 0 unspecified atom stereocenters. The van der Waals surface area contributed by atoms with Crippen molar-refractivity contribution in [1.29, 1.82) is 0 Å². The zero-order valence-corrected chi connectivity index (χ0v) is 12.0. The molecule has 0 radical (unpaired) electrons. The first-order valence-corrected chi connectivity index (χ1v) is 6.61. The van der Waals surface area contributed by atoms with Crippen molar-refractivity contribution >= 4 is 11.8 Å². The molecular weight excluding hydrogens is 268 g/mol. The highest BCUT2D eigenvalue weighted by molar-refractivity contribution is 6.09. The molecule has 0 amide bonds. The van der Waals surface area contributed by atoms with Crippen LogP contribution in [0.5, 0.6) is 5.75 Å². The van der Waals surface area contributed by atoms with Crippen molar-refractivity contribution < 1.29 is 19.1 Å². The van der Waals surface area contributed by atoms with Gasteiger partial charge in [0.25, 0.3) is 0 Å². The summed E-state index contributed by atoms with van der Waals surface area (Å²) in [5, 5.41) is 0. The molecule has 4 heteroatoms. The van der Waals surface area contributed by atoms with Crippen LogP contribution in [0.4, 0.5) is 0 Å². The number of carbonyl (C=O) groups excluding carboxylic acids is 2. The number of hydrogen-bond acceptors (Lipinski definition) is 4. The molecule has 0 spiro atoms. The zero-order valence-electron chi connectivity index (χ0n) is 12.0. The fourth-order valence-electron chi connectivity index (χ4n) is 1.88. The van der Waals surface area contributed by atoms with E-state index in [1.165, 1.54) is 0 Å². The van der Waals surface area contributed by atoms with Crippen LogP contribution in [-0.2, 0) is 4.74 Å². The average Bonchev–Trinajstić information content (AvgIpc) is 2.54. The van der Waals surface area contributed by atoms with Gasteiger partial charge in [-0.2, -0.15) is 0 Å². The Morgan fingerprint density at radius 2 is 1.33 bits per heavy atom. The number of ether oxygens (including phenoxy) is 2. The molecule has 0 fully saturated rings. The third-order valence-corrected chi connectivity index (χ3v) is 3.01. The van der Waals surface area contributed by atoms with Crippen molar-refractivity contribution in [2.45, 2.75) is 6.92 Å². The number of methoxy groups -OCH3 is 1. The van der Waals surface area contributed by atoms with Gasteiger partial charge in [0, 0.05) is 11.1 Å². The Hall–Kier alpha value is -2.62. The summed E-state index contributed by atoms with van der Waals surface area (Å²) in [6, 6.07) is 13.3. The maximum absolute atomic E-state index is 12.3. The molecule has 0 atom stereocenters. The highest BCUT2D eigenvalue weighted by Crippen LogP contribution is 2.15. The topological polar surface area (TPSA) is 52.6 Å². The molecule has 0 N–H and O–H groups in total. The van der Waals surface area contributed by atoms with Crippen molar-refractivity contribution in [2.75, 3.05) is 13.7 Å². The van der Waals surface area contributed by atoms with Crippen LogP contribution in [0.3, 0.4) is 0 Å². The number of benzene rings is 2. The minimum absolute atomic E-state index is 0.104. The Morgan fingerprint density at radius 1 is 0.857 bits per heavy atom. The summed E-state index contributed by atoms with van der Waals surface area (Å²) in [5.74, 6) is 0.207. The van der Waals surface area contributed by atoms with E-state index < -0.39 is 0 Å². The van der Waals surface area contributed by atoms with E-state index >= 15 is 0 Å². The lowest BCUT2D eigenvalue weighted by molar-refractivity contribution is 0.0526. The quantitative estimate of drug-likeness (QED) is 0.625. The van der Waals surface area contributed by atoms with Crippen LogP contribution in [0.15, 0.2) is 48.5 Å². The van der Waals surface area contributed by atoms with Crippen molar-refractivity contribution in [3.63, 3.8) is 0 Å². The molecule has 0 saturated carbocycles. The molecule has 108 valence electrons. The summed E-state index contributed by atoms with van der Waals surface area (Å²) < 4.78 is 9.96. The summed E-state index contributed by atoms with van der Waals surface area (Å²) in [4.78, 5) is 23.8. The predicted octanol–water partition coefficient (Wildman–Crippen LogP) is 3.10. The average molecular weight is 284 g/mol. The SMILES string of the molecule is CCOC(=O)c1ccc(C(=O)c2ccc(OC)cc2)cc1. The van der Waals surface area contributed by atoms with Crippen molar-refractivity contribution in [3.05, 3.63) is 65.2 Å². The Morgan fingerprint density at radius 3 is 1.81 bits per heavy atom. The maximum Gasteiger partial charge on any atom is 0.338 e. The van der Waals surface area contributed by atoms with Gasteiger partial charge in [-0.25, -0.2) is 4.79 Å². The Bertz CT molecular complexity index is 627. The first-order chi connectivity index (χ1) is 10.2. The van der Waals surface area contributed by atoms with Crippen molar-refractivity contribution in [3.8, 4) is 5.75 Å². The highest BCUT2D eigenvalue weighted by atomic mass is 16.5. The van der Waals surface area contributed by atoms with Crippen LogP contribution in [0.1, 0.15) is 33.2 Å². The second kappa shape index (κ2) is 6.70. The van der Waals surface area contributed by atoms with Crippen LogP contribution in [0.25, 0.3) is 0 Å². The molecular formula is C17H16O4. The predicted molar refractivity (Wildman–Crippen MR) is 78.8 cm³/mol. The standard InChI is InChI=1S/C17H16O4/c1-3-21-17(19)14-6-4-12(5-7-14)16(18)13-8-10-15(20-2)11-9-13/h4-11H,3H2,1-2H3. The van der Waals surface area contributed by atoms with Gasteiger partial charge >= 0.3 is 5.97 Å². The van der Waals surface area contributed by atoms with Gasteiger partial charge in [-0.05, 0) is 43.3 Å². The van der Waals surface area contributed by atoms with E-state index in [4.69, 9.17) is 9.47 Å². The van der Waals surface area contributed by atoms with Gasteiger partial charge in [0.2, 0.25) is 0 Å². The second-order valence-corrected chi connectivity index (χ2v) is 4.36. The third-order valence-electron chi connectivity index (χ3n) is 3.01. The number of rotatable bonds is 5.